The maximum atomic E-state index is 12.9. The quantitative estimate of drug-likeness (QED) is 0.828. The van der Waals surface area contributed by atoms with Gasteiger partial charge in [0.15, 0.2) is 0 Å². The fourth-order valence-electron chi connectivity index (χ4n) is 7.43. The summed E-state index contributed by atoms with van der Waals surface area (Å²) in [6.45, 7) is 4.79. The van der Waals surface area contributed by atoms with Gasteiger partial charge in [0.1, 0.15) is 6.61 Å². The minimum absolute atomic E-state index is 0.0114. The molecule has 138 valence electrons. The van der Waals surface area contributed by atoms with Gasteiger partial charge in [0, 0.05) is 35.5 Å². The lowest BCUT2D eigenvalue weighted by Gasteiger charge is -2.60. The molecule has 6 rings (SSSR count). The van der Waals surface area contributed by atoms with E-state index in [0.29, 0.717) is 29.9 Å². The molecule has 1 aliphatic carbocycles. The van der Waals surface area contributed by atoms with E-state index in [0.717, 1.165) is 31.8 Å². The third-order valence-corrected chi connectivity index (χ3v) is 8.32. The smallest absolute Gasteiger partial charge is 0.252 e. The number of para-hydroxylation sites is 1. The van der Waals surface area contributed by atoms with Crippen molar-refractivity contribution in [3.8, 4) is 0 Å². The summed E-state index contributed by atoms with van der Waals surface area (Å²) < 4.78 is 6.24. The van der Waals surface area contributed by atoms with Crippen LogP contribution in [-0.4, -0.2) is 60.4 Å². The maximum Gasteiger partial charge on any atom is 0.252 e. The number of amides is 1. The first-order chi connectivity index (χ1) is 12.7. The first-order valence-electron chi connectivity index (χ1n) is 10.0. The molecule has 5 aliphatic rings. The van der Waals surface area contributed by atoms with E-state index in [9.17, 15) is 9.90 Å². The van der Waals surface area contributed by atoms with E-state index in [2.05, 4.69) is 30.0 Å². The number of hydrogen-bond acceptors (Lipinski definition) is 4. The van der Waals surface area contributed by atoms with Crippen molar-refractivity contribution in [2.75, 3.05) is 31.2 Å². The first-order valence-corrected chi connectivity index (χ1v) is 10.0. The monoisotopic (exact) mass is 354 g/mol. The number of hydrogen-bond donors (Lipinski definition) is 1. The number of aliphatic hydroxyl groups excluding tert-OH is 1. The minimum Gasteiger partial charge on any atom is -0.387 e. The van der Waals surface area contributed by atoms with Crippen LogP contribution in [0.4, 0.5) is 5.69 Å². The van der Waals surface area contributed by atoms with Crippen molar-refractivity contribution in [2.45, 2.75) is 43.4 Å². The summed E-state index contributed by atoms with van der Waals surface area (Å²) in [4.78, 5) is 17.5. The van der Waals surface area contributed by atoms with Crippen molar-refractivity contribution < 1.29 is 14.6 Å². The molecule has 7 atom stereocenters. The summed E-state index contributed by atoms with van der Waals surface area (Å²) >= 11 is 0. The molecule has 1 amide bonds. The standard InChI is InChI=1S/C21H26N2O3/c1-12-14-9-22-7-6-21-16-4-2-3-5-17(16)23(19(25)10-24)20(21)15(11-26-12)13(14)8-18(21)22/h2-5,12-15,18,20,24H,6-11H2,1H3/t12-,13-,14-,15+,18-,20-,21?/m0/s1. The van der Waals surface area contributed by atoms with E-state index in [1.54, 1.807) is 0 Å². The number of benzene rings is 1. The molecule has 0 aromatic heterocycles. The van der Waals surface area contributed by atoms with Gasteiger partial charge in [0.25, 0.3) is 5.91 Å². The van der Waals surface area contributed by atoms with Gasteiger partial charge in [-0.3, -0.25) is 9.69 Å². The van der Waals surface area contributed by atoms with Gasteiger partial charge in [-0.1, -0.05) is 18.2 Å². The summed E-state index contributed by atoms with van der Waals surface area (Å²) in [6.07, 6.45) is 2.64. The summed E-state index contributed by atoms with van der Waals surface area (Å²) in [5.41, 5.74) is 2.37. The lowest BCUT2D eigenvalue weighted by atomic mass is 9.53. The van der Waals surface area contributed by atoms with Crippen molar-refractivity contribution in [3.63, 3.8) is 0 Å². The fraction of sp³-hybridized carbons (Fsp3) is 0.667. The van der Waals surface area contributed by atoms with Crippen LogP contribution in [0.2, 0.25) is 0 Å². The molecule has 2 bridgehead atoms. The largest absolute Gasteiger partial charge is 0.387 e. The van der Waals surface area contributed by atoms with Gasteiger partial charge in [0.05, 0.1) is 18.8 Å². The van der Waals surface area contributed by atoms with Crippen LogP contribution in [-0.2, 0) is 14.9 Å². The van der Waals surface area contributed by atoms with Crippen LogP contribution in [0, 0.1) is 17.8 Å². The Hall–Kier alpha value is -1.43. The molecule has 4 fully saturated rings. The van der Waals surface area contributed by atoms with E-state index in [1.165, 1.54) is 12.0 Å². The molecule has 5 heteroatoms. The van der Waals surface area contributed by atoms with Crippen LogP contribution >= 0.6 is 0 Å². The molecule has 1 aromatic rings. The van der Waals surface area contributed by atoms with Gasteiger partial charge in [-0.15, -0.1) is 0 Å². The van der Waals surface area contributed by atoms with Crippen LogP contribution < -0.4 is 4.90 Å². The summed E-state index contributed by atoms with van der Waals surface area (Å²) in [7, 11) is 0. The Bertz CT molecular complexity index is 782. The number of aliphatic hydroxyl groups is 1. The Morgan fingerprint density at radius 3 is 3.00 bits per heavy atom. The zero-order valence-electron chi connectivity index (χ0n) is 15.2. The number of rotatable bonds is 1. The zero-order chi connectivity index (χ0) is 17.6. The molecule has 4 aliphatic heterocycles. The van der Waals surface area contributed by atoms with Crippen molar-refractivity contribution >= 4 is 11.6 Å². The number of anilines is 1. The van der Waals surface area contributed by atoms with Gasteiger partial charge in [0.2, 0.25) is 0 Å². The van der Waals surface area contributed by atoms with Crippen molar-refractivity contribution in [1.82, 2.24) is 4.90 Å². The van der Waals surface area contributed by atoms with Crippen LogP contribution in [0.1, 0.15) is 25.3 Å². The maximum absolute atomic E-state index is 12.9. The molecule has 1 aromatic carbocycles. The second kappa shape index (κ2) is 5.09. The summed E-state index contributed by atoms with van der Waals surface area (Å²) in [5.74, 6) is 1.40. The molecular formula is C21H26N2O3. The van der Waals surface area contributed by atoms with Gasteiger partial charge in [-0.05, 0) is 43.9 Å². The molecule has 26 heavy (non-hydrogen) atoms. The molecule has 1 saturated carbocycles. The molecule has 3 saturated heterocycles. The van der Waals surface area contributed by atoms with Crippen molar-refractivity contribution in [2.24, 2.45) is 17.8 Å². The Labute approximate surface area is 153 Å². The van der Waals surface area contributed by atoms with Gasteiger partial charge >= 0.3 is 0 Å². The lowest BCUT2D eigenvalue weighted by Crippen LogP contribution is -2.69. The number of carbonyl (C=O) groups is 1. The molecule has 1 unspecified atom stereocenters. The van der Waals surface area contributed by atoms with Crippen LogP contribution in [0.3, 0.4) is 0 Å². The van der Waals surface area contributed by atoms with Gasteiger partial charge < -0.3 is 14.7 Å². The Kier molecular flexibility index (Phi) is 3.06. The lowest BCUT2D eigenvalue weighted by molar-refractivity contribution is -0.154. The average molecular weight is 354 g/mol. The summed E-state index contributed by atoms with van der Waals surface area (Å²) in [5, 5.41) is 9.72. The van der Waals surface area contributed by atoms with Gasteiger partial charge in [-0.25, -0.2) is 0 Å². The van der Waals surface area contributed by atoms with Crippen LogP contribution in [0.15, 0.2) is 24.3 Å². The van der Waals surface area contributed by atoms with E-state index in [1.807, 2.05) is 11.0 Å². The van der Waals surface area contributed by atoms with E-state index < -0.39 is 6.61 Å². The Morgan fingerprint density at radius 2 is 2.15 bits per heavy atom. The van der Waals surface area contributed by atoms with Crippen molar-refractivity contribution in [3.05, 3.63) is 29.8 Å². The Morgan fingerprint density at radius 1 is 1.31 bits per heavy atom. The molecular weight excluding hydrogens is 328 g/mol. The third kappa shape index (κ3) is 1.62. The fourth-order valence-corrected chi connectivity index (χ4v) is 7.43. The highest BCUT2D eigenvalue weighted by Gasteiger charge is 2.69. The second-order valence-electron chi connectivity index (χ2n) is 8.95. The highest BCUT2D eigenvalue weighted by molar-refractivity contribution is 5.98. The highest BCUT2D eigenvalue weighted by atomic mass is 16.5. The van der Waals surface area contributed by atoms with Gasteiger partial charge in [-0.2, -0.15) is 0 Å². The second-order valence-corrected chi connectivity index (χ2v) is 8.95. The predicted octanol–water partition coefficient (Wildman–Crippen LogP) is 1.39. The average Bonchev–Trinajstić information content (AvgIpc) is 3.20. The number of fused-ring (bicyclic) bond motifs is 2. The van der Waals surface area contributed by atoms with E-state index in [-0.39, 0.29) is 17.4 Å². The molecule has 1 spiro atoms. The Balaban J connectivity index is 1.58. The molecule has 1 N–H and O–H groups in total. The summed E-state index contributed by atoms with van der Waals surface area (Å²) in [6, 6.07) is 9.08. The molecule has 4 heterocycles. The SMILES string of the molecule is C[C@@H]1OC[C@@H]2[C@H]3C[C@@H]4N(CCC45c4ccccc4N(C(=O)CO)[C@@H]25)C[C@H]31. The third-order valence-electron chi connectivity index (χ3n) is 8.32. The number of nitrogens with zero attached hydrogens (tertiary/aromatic N) is 2. The van der Waals surface area contributed by atoms with E-state index >= 15 is 0 Å². The van der Waals surface area contributed by atoms with Crippen LogP contribution in [0.5, 0.6) is 0 Å². The van der Waals surface area contributed by atoms with E-state index in [4.69, 9.17) is 4.74 Å². The molecule has 0 radical (unpaired) electrons. The highest BCUT2D eigenvalue weighted by Crippen LogP contribution is 2.64. The van der Waals surface area contributed by atoms with Crippen LogP contribution in [0.25, 0.3) is 0 Å². The topological polar surface area (TPSA) is 53.0 Å². The minimum atomic E-state index is -0.423. The number of ether oxygens (including phenoxy) is 1. The van der Waals surface area contributed by atoms with Crippen molar-refractivity contribution in [1.29, 1.82) is 0 Å². The zero-order valence-corrected chi connectivity index (χ0v) is 15.2. The molecule has 5 nitrogen and oxygen atoms in total. The normalized spacial score (nSPS) is 45.4. The number of carbonyl (C=O) groups excluding carboxylic acids is 1. The first kappa shape index (κ1) is 15.6. The predicted molar refractivity (Wildman–Crippen MR) is 97.0 cm³/mol. The number of piperidine rings is 1.